The lowest BCUT2D eigenvalue weighted by atomic mass is 10.2. The smallest absolute Gasteiger partial charge is 0.339 e. The maximum atomic E-state index is 13.0. The fraction of sp³-hybridized carbons (Fsp3) is 0.250. The molecule has 1 N–H and O–H groups in total. The van der Waals surface area contributed by atoms with Crippen molar-refractivity contribution in [1.82, 2.24) is 10.1 Å². The van der Waals surface area contributed by atoms with Crippen LogP contribution in [-0.4, -0.2) is 21.2 Å². The first-order valence-electron chi connectivity index (χ1n) is 5.57. The predicted octanol–water partition coefficient (Wildman–Crippen LogP) is 2.05. The average molecular weight is 266 g/mol. The van der Waals surface area contributed by atoms with Gasteiger partial charge in [-0.05, 0) is 18.2 Å². The molecule has 0 aliphatic rings. The van der Waals surface area contributed by atoms with Gasteiger partial charge in [0.05, 0.1) is 0 Å². The van der Waals surface area contributed by atoms with Gasteiger partial charge < -0.3 is 14.4 Å². The highest BCUT2D eigenvalue weighted by Crippen LogP contribution is 2.20. The van der Waals surface area contributed by atoms with Gasteiger partial charge in [0, 0.05) is 6.42 Å². The van der Waals surface area contributed by atoms with Crippen molar-refractivity contribution in [2.45, 2.75) is 20.0 Å². The molecule has 2 rings (SSSR count). The summed E-state index contributed by atoms with van der Waals surface area (Å²) in [5, 5.41) is 12.6. The molecule has 0 saturated carbocycles. The quantitative estimate of drug-likeness (QED) is 0.891. The first kappa shape index (κ1) is 13.0. The minimum Gasteiger partial charge on any atom is -0.485 e. The van der Waals surface area contributed by atoms with Crippen LogP contribution in [-0.2, 0) is 13.0 Å². The molecule has 0 spiro atoms. The minimum absolute atomic E-state index is 0.0462. The van der Waals surface area contributed by atoms with Gasteiger partial charge in [-0.1, -0.05) is 12.1 Å². The number of aromatic carboxylic acids is 1. The van der Waals surface area contributed by atoms with E-state index in [1.807, 2.05) is 6.92 Å². The van der Waals surface area contributed by atoms with Gasteiger partial charge >= 0.3 is 5.97 Å². The van der Waals surface area contributed by atoms with Crippen LogP contribution in [0.1, 0.15) is 29.0 Å². The highest BCUT2D eigenvalue weighted by Gasteiger charge is 2.14. The van der Waals surface area contributed by atoms with Crippen molar-refractivity contribution in [3.05, 3.63) is 41.3 Å². The molecule has 6 nitrogen and oxygen atoms in total. The molecule has 0 radical (unpaired) electrons. The number of hydrogen-bond acceptors (Lipinski definition) is 5. The van der Waals surface area contributed by atoms with E-state index < -0.39 is 11.8 Å². The topological polar surface area (TPSA) is 85.5 Å². The SMILES string of the molecule is CCc1nc(COc2ccc(F)cc2C(=O)O)no1. The molecule has 100 valence electrons. The summed E-state index contributed by atoms with van der Waals surface area (Å²) in [6, 6.07) is 3.26. The van der Waals surface area contributed by atoms with Gasteiger partial charge in [0.15, 0.2) is 6.61 Å². The monoisotopic (exact) mass is 266 g/mol. The van der Waals surface area contributed by atoms with E-state index >= 15 is 0 Å². The van der Waals surface area contributed by atoms with E-state index in [4.69, 9.17) is 14.4 Å². The van der Waals surface area contributed by atoms with E-state index in [1.165, 1.54) is 6.07 Å². The summed E-state index contributed by atoms with van der Waals surface area (Å²) in [5.41, 5.74) is -0.251. The first-order chi connectivity index (χ1) is 9.10. The summed E-state index contributed by atoms with van der Waals surface area (Å²) in [4.78, 5) is 15.0. The fourth-order valence-corrected chi connectivity index (χ4v) is 1.43. The average Bonchev–Trinajstić information content (AvgIpc) is 2.85. The lowest BCUT2D eigenvalue weighted by molar-refractivity contribution is 0.0691. The summed E-state index contributed by atoms with van der Waals surface area (Å²) in [6.45, 7) is 1.82. The van der Waals surface area contributed by atoms with Gasteiger partial charge in [-0.25, -0.2) is 9.18 Å². The second kappa shape index (κ2) is 5.47. The number of aryl methyl sites for hydroxylation is 1. The van der Waals surface area contributed by atoms with Gasteiger partial charge in [0.25, 0.3) is 0 Å². The van der Waals surface area contributed by atoms with E-state index in [1.54, 1.807) is 0 Å². The van der Waals surface area contributed by atoms with E-state index in [0.717, 1.165) is 12.1 Å². The van der Waals surface area contributed by atoms with Crippen LogP contribution in [0.5, 0.6) is 5.75 Å². The Bertz CT molecular complexity index is 597. The van der Waals surface area contributed by atoms with Crippen molar-refractivity contribution in [2.75, 3.05) is 0 Å². The standard InChI is InChI=1S/C12H11FN2O4/c1-2-11-14-10(15-19-11)6-18-9-4-3-7(13)5-8(9)12(16)17/h3-5H,2,6H2,1H3,(H,16,17). The number of rotatable bonds is 5. The van der Waals surface area contributed by atoms with Crippen molar-refractivity contribution in [3.8, 4) is 5.75 Å². The fourth-order valence-electron chi connectivity index (χ4n) is 1.43. The normalized spacial score (nSPS) is 10.4. The van der Waals surface area contributed by atoms with Crippen LogP contribution in [0.3, 0.4) is 0 Å². The highest BCUT2D eigenvalue weighted by atomic mass is 19.1. The number of carboxylic acid groups (broad SMARTS) is 1. The van der Waals surface area contributed by atoms with Gasteiger partial charge in [-0.3, -0.25) is 0 Å². The molecule has 7 heteroatoms. The zero-order valence-electron chi connectivity index (χ0n) is 10.1. The number of carbonyl (C=O) groups is 1. The predicted molar refractivity (Wildman–Crippen MR) is 61.4 cm³/mol. The van der Waals surface area contributed by atoms with Crippen molar-refractivity contribution >= 4 is 5.97 Å². The number of nitrogens with zero attached hydrogens (tertiary/aromatic N) is 2. The lowest BCUT2D eigenvalue weighted by Crippen LogP contribution is -2.05. The van der Waals surface area contributed by atoms with Gasteiger partial charge in [0.2, 0.25) is 11.7 Å². The number of carboxylic acids is 1. The number of ether oxygens (including phenoxy) is 1. The molecule has 1 heterocycles. The zero-order valence-corrected chi connectivity index (χ0v) is 10.1. The molecule has 0 amide bonds. The Balaban J connectivity index is 2.12. The van der Waals surface area contributed by atoms with E-state index in [0.29, 0.717) is 18.1 Å². The number of halogens is 1. The Hall–Kier alpha value is -2.44. The van der Waals surface area contributed by atoms with Gasteiger partial charge in [-0.15, -0.1) is 0 Å². The van der Waals surface area contributed by atoms with E-state index in [-0.39, 0.29) is 17.9 Å². The third-order valence-corrected chi connectivity index (χ3v) is 2.34. The van der Waals surface area contributed by atoms with Crippen LogP contribution >= 0.6 is 0 Å². The van der Waals surface area contributed by atoms with Crippen molar-refractivity contribution < 1.29 is 23.6 Å². The van der Waals surface area contributed by atoms with Crippen LogP contribution in [0.25, 0.3) is 0 Å². The molecule has 0 aliphatic heterocycles. The first-order valence-corrected chi connectivity index (χ1v) is 5.57. The number of hydrogen-bond donors (Lipinski definition) is 1. The number of benzene rings is 1. The molecular weight excluding hydrogens is 255 g/mol. The van der Waals surface area contributed by atoms with E-state index in [2.05, 4.69) is 10.1 Å². The van der Waals surface area contributed by atoms with Crippen LogP contribution in [0.15, 0.2) is 22.7 Å². The summed E-state index contributed by atoms with van der Waals surface area (Å²) in [7, 11) is 0. The number of aromatic nitrogens is 2. The molecule has 1 aromatic heterocycles. The Morgan fingerprint density at radius 3 is 2.95 bits per heavy atom. The maximum Gasteiger partial charge on any atom is 0.339 e. The Morgan fingerprint density at radius 1 is 1.53 bits per heavy atom. The lowest BCUT2D eigenvalue weighted by Gasteiger charge is -2.06. The molecule has 0 unspecified atom stereocenters. The molecule has 0 fully saturated rings. The Morgan fingerprint density at radius 2 is 2.32 bits per heavy atom. The molecule has 1 aromatic carbocycles. The Labute approximate surface area is 107 Å². The van der Waals surface area contributed by atoms with Crippen molar-refractivity contribution in [1.29, 1.82) is 0 Å². The molecule has 0 atom stereocenters. The minimum atomic E-state index is -1.27. The molecule has 19 heavy (non-hydrogen) atoms. The van der Waals surface area contributed by atoms with Crippen LogP contribution in [0.4, 0.5) is 4.39 Å². The molecule has 0 aliphatic carbocycles. The highest BCUT2D eigenvalue weighted by molar-refractivity contribution is 5.90. The molecule has 0 saturated heterocycles. The van der Waals surface area contributed by atoms with Crippen LogP contribution in [0, 0.1) is 5.82 Å². The van der Waals surface area contributed by atoms with Crippen molar-refractivity contribution in [3.63, 3.8) is 0 Å². The van der Waals surface area contributed by atoms with Crippen LogP contribution < -0.4 is 4.74 Å². The molecule has 0 bridgehead atoms. The summed E-state index contributed by atoms with van der Waals surface area (Å²) in [6.07, 6.45) is 0.601. The Kier molecular flexibility index (Phi) is 3.74. The maximum absolute atomic E-state index is 13.0. The largest absolute Gasteiger partial charge is 0.485 e. The molecular formula is C12H11FN2O4. The van der Waals surface area contributed by atoms with Crippen molar-refractivity contribution in [2.24, 2.45) is 0 Å². The summed E-state index contributed by atoms with van der Waals surface area (Å²) >= 11 is 0. The second-order valence-electron chi connectivity index (χ2n) is 3.69. The zero-order chi connectivity index (χ0) is 13.8. The third-order valence-electron chi connectivity index (χ3n) is 2.34. The van der Waals surface area contributed by atoms with Gasteiger partial charge in [0.1, 0.15) is 17.1 Å². The van der Waals surface area contributed by atoms with E-state index in [9.17, 15) is 9.18 Å². The summed E-state index contributed by atoms with van der Waals surface area (Å²) in [5.74, 6) is -1.08. The van der Waals surface area contributed by atoms with Gasteiger partial charge in [-0.2, -0.15) is 4.98 Å². The third kappa shape index (κ3) is 3.06. The van der Waals surface area contributed by atoms with Crippen LogP contribution in [0.2, 0.25) is 0 Å². The summed E-state index contributed by atoms with van der Waals surface area (Å²) < 4.78 is 23.1. The molecule has 2 aromatic rings. The second-order valence-corrected chi connectivity index (χ2v) is 3.69.